The van der Waals surface area contributed by atoms with Crippen molar-refractivity contribution in [3.8, 4) is 5.75 Å². The average Bonchev–Trinajstić information content (AvgIpc) is 3.02. The molecule has 8 nitrogen and oxygen atoms in total. The van der Waals surface area contributed by atoms with Crippen molar-refractivity contribution < 1.29 is 42.9 Å². The Morgan fingerprint density at radius 3 is 2.13 bits per heavy atom. The highest BCUT2D eigenvalue weighted by molar-refractivity contribution is 7.99. The Labute approximate surface area is 278 Å². The summed E-state index contributed by atoms with van der Waals surface area (Å²) in [5.41, 5.74) is -2.56. The van der Waals surface area contributed by atoms with Gasteiger partial charge in [-0.2, -0.15) is 11.8 Å². The van der Waals surface area contributed by atoms with Gasteiger partial charge < -0.3 is 29.8 Å². The van der Waals surface area contributed by atoms with Crippen LogP contribution in [0.15, 0.2) is 36.4 Å². The van der Waals surface area contributed by atoms with Gasteiger partial charge in [-0.1, -0.05) is 83.1 Å². The van der Waals surface area contributed by atoms with Gasteiger partial charge in [0.1, 0.15) is 17.4 Å². The number of carboxylic acids is 1. The number of carboxylic acid groups (broad SMARTS) is 1. The van der Waals surface area contributed by atoms with Crippen LogP contribution >= 0.6 is 11.8 Å². The molecule has 0 saturated carbocycles. The van der Waals surface area contributed by atoms with Gasteiger partial charge in [-0.3, -0.25) is 4.79 Å². The number of halogens is 2. The van der Waals surface area contributed by atoms with Crippen molar-refractivity contribution in [1.29, 1.82) is 0 Å². The second-order valence-electron chi connectivity index (χ2n) is 11.6. The Hall–Kier alpha value is -2.66. The van der Waals surface area contributed by atoms with Crippen LogP contribution in [0.2, 0.25) is 0 Å². The van der Waals surface area contributed by atoms with E-state index in [4.69, 9.17) is 9.47 Å². The number of amides is 1. The Bertz CT molecular complexity index is 1020. The monoisotopic (exact) mass is 670 g/mol. The molecule has 11 heteroatoms. The van der Waals surface area contributed by atoms with E-state index in [1.807, 2.05) is 11.8 Å². The highest BCUT2D eigenvalue weighted by Crippen LogP contribution is 2.28. The number of aliphatic carboxylic acids is 1. The number of ether oxygens (including phenoxy) is 2. The molecule has 0 fully saturated rings. The minimum Gasteiger partial charge on any atom is -0.547 e. The van der Waals surface area contributed by atoms with Crippen LogP contribution in [-0.2, 0) is 25.5 Å². The number of esters is 1. The summed E-state index contributed by atoms with van der Waals surface area (Å²) in [6.45, 7) is 4.81. The zero-order chi connectivity index (χ0) is 34.2. The van der Waals surface area contributed by atoms with Gasteiger partial charge in [0.15, 0.2) is 0 Å². The van der Waals surface area contributed by atoms with Crippen LogP contribution < -0.4 is 15.2 Å². The normalized spacial score (nSPS) is 14.2. The van der Waals surface area contributed by atoms with E-state index < -0.39 is 48.3 Å². The number of allylic oxidation sites excluding steroid dienone is 1. The van der Waals surface area contributed by atoms with Crippen LogP contribution in [0, 0.1) is 5.92 Å². The molecule has 0 radical (unpaired) electrons. The fraction of sp³-hybridized carbons (Fsp3) is 0.686. The van der Waals surface area contributed by atoms with Crippen molar-refractivity contribution in [2.24, 2.45) is 5.92 Å². The van der Waals surface area contributed by atoms with E-state index >= 15 is 0 Å². The summed E-state index contributed by atoms with van der Waals surface area (Å²) in [5, 5.41) is 25.2. The molecule has 0 aliphatic carbocycles. The summed E-state index contributed by atoms with van der Waals surface area (Å²) in [6, 6.07) is 5.59. The highest BCUT2D eigenvalue weighted by Gasteiger charge is 2.44. The third kappa shape index (κ3) is 16.8. The van der Waals surface area contributed by atoms with Crippen LogP contribution in [0.4, 0.5) is 8.78 Å². The van der Waals surface area contributed by atoms with Crippen molar-refractivity contribution in [3.63, 3.8) is 0 Å². The molecule has 1 aromatic carbocycles. The Kier molecular flexibility index (Phi) is 22.0. The number of benzene rings is 1. The predicted molar refractivity (Wildman–Crippen MR) is 177 cm³/mol. The number of aliphatic hydroxyl groups is 1. The third-order valence-corrected chi connectivity index (χ3v) is 8.83. The number of methoxy groups -OCH3 is 1. The van der Waals surface area contributed by atoms with Crippen LogP contribution in [0.1, 0.15) is 103 Å². The number of carbonyl (C=O) groups is 3. The molecule has 0 unspecified atom stereocenters. The molecule has 1 amide bonds. The predicted octanol–water partition coefficient (Wildman–Crippen LogP) is 6.03. The first-order valence-electron chi connectivity index (χ1n) is 16.6. The molecular weight excluding hydrogens is 616 g/mol. The molecular formula is C35H54F2NO7S-. The number of carbonyl (C=O) groups excluding carboxylic acids is 3. The molecule has 0 spiro atoms. The molecule has 0 saturated heterocycles. The van der Waals surface area contributed by atoms with Crippen molar-refractivity contribution >= 4 is 29.6 Å². The number of rotatable bonds is 27. The molecule has 3 atom stereocenters. The lowest BCUT2D eigenvalue weighted by atomic mass is 9.83. The molecule has 0 aliphatic rings. The van der Waals surface area contributed by atoms with E-state index in [1.165, 1.54) is 43.9 Å². The summed E-state index contributed by atoms with van der Waals surface area (Å²) in [6.07, 6.45) is 10.3. The summed E-state index contributed by atoms with van der Waals surface area (Å²) in [5.74, 6) is -3.15. The lowest BCUT2D eigenvalue weighted by Gasteiger charge is -2.35. The molecule has 0 heterocycles. The largest absolute Gasteiger partial charge is 0.547 e. The van der Waals surface area contributed by atoms with E-state index in [0.717, 1.165) is 57.5 Å². The topological polar surface area (TPSA) is 125 Å². The van der Waals surface area contributed by atoms with Gasteiger partial charge in [-0.05, 0) is 61.3 Å². The first-order chi connectivity index (χ1) is 22.1. The van der Waals surface area contributed by atoms with Gasteiger partial charge in [0, 0.05) is 12.8 Å². The number of nitrogens with one attached hydrogen (secondary N) is 1. The minimum atomic E-state index is -3.23. The van der Waals surface area contributed by atoms with Crippen LogP contribution in [0.5, 0.6) is 5.75 Å². The average molecular weight is 671 g/mol. The Balaban J connectivity index is 2.84. The van der Waals surface area contributed by atoms with Gasteiger partial charge in [0.2, 0.25) is 12.3 Å². The smallest absolute Gasteiger partial charge is 0.328 e. The standard InChI is InChI=1S/C35H55F2NO7S/c1-4-6-8-12-15-23-46-24-16-13-10-9-11-14-17-29(35(43,34(41)42)26-31(36)37)32(39)38-30(33(40)44-3)25-27-18-20-28(21-19-27)45-22-7-5-2/h14,17-21,29-31,43H,4-13,15-16,22-26H2,1-3H3,(H,38,39)(H,41,42)/p-1/b17-14+/t29-,30+,35+/m1/s1. The van der Waals surface area contributed by atoms with E-state index in [2.05, 4.69) is 19.2 Å². The Morgan fingerprint density at radius 1 is 0.957 bits per heavy atom. The van der Waals surface area contributed by atoms with Crippen LogP contribution in [-0.4, -0.2) is 66.2 Å². The molecule has 0 bridgehead atoms. The zero-order valence-corrected chi connectivity index (χ0v) is 28.6. The first-order valence-corrected chi connectivity index (χ1v) is 17.8. The summed E-state index contributed by atoms with van der Waals surface area (Å²) < 4.78 is 37.3. The minimum absolute atomic E-state index is 0.0279. The number of thioether (sulfide) groups is 1. The van der Waals surface area contributed by atoms with Crippen molar-refractivity contribution in [2.45, 2.75) is 122 Å². The molecule has 2 N–H and O–H groups in total. The van der Waals surface area contributed by atoms with Gasteiger partial charge in [0.05, 0.1) is 25.6 Å². The molecule has 262 valence electrons. The van der Waals surface area contributed by atoms with Gasteiger partial charge >= 0.3 is 5.97 Å². The fourth-order valence-corrected chi connectivity index (χ4v) is 5.91. The molecule has 46 heavy (non-hydrogen) atoms. The van der Waals surface area contributed by atoms with Crippen molar-refractivity contribution in [1.82, 2.24) is 5.32 Å². The molecule has 0 aromatic heterocycles. The number of hydrogen-bond donors (Lipinski definition) is 2. The summed E-state index contributed by atoms with van der Waals surface area (Å²) >= 11 is 1.96. The van der Waals surface area contributed by atoms with Gasteiger partial charge in [-0.15, -0.1) is 0 Å². The second-order valence-corrected chi connectivity index (χ2v) is 12.8. The SMILES string of the molecule is CCCCCCCSCCCCCC/C=C/[C@H](C(=O)N[C@@H](Cc1ccc(OCCCC)cc1)C(=O)OC)[C@@](O)(CC(F)F)C(=O)[O-]. The van der Waals surface area contributed by atoms with Gasteiger partial charge in [0.25, 0.3) is 0 Å². The maximum atomic E-state index is 13.4. The highest BCUT2D eigenvalue weighted by atomic mass is 32.2. The van der Waals surface area contributed by atoms with Crippen LogP contribution in [0.25, 0.3) is 0 Å². The summed E-state index contributed by atoms with van der Waals surface area (Å²) in [4.78, 5) is 37.9. The quantitative estimate of drug-likeness (QED) is 0.0661. The van der Waals surface area contributed by atoms with Crippen LogP contribution in [0.3, 0.4) is 0 Å². The fourth-order valence-electron chi connectivity index (χ4n) is 4.89. The number of unbranched alkanes of at least 4 members (excludes halogenated alkanes) is 9. The maximum absolute atomic E-state index is 13.4. The maximum Gasteiger partial charge on any atom is 0.328 e. The molecule has 1 rings (SSSR count). The van der Waals surface area contributed by atoms with Gasteiger partial charge in [-0.25, -0.2) is 13.6 Å². The molecule has 1 aromatic rings. The van der Waals surface area contributed by atoms with E-state index in [9.17, 15) is 33.4 Å². The Morgan fingerprint density at radius 2 is 1.57 bits per heavy atom. The number of hydrogen-bond acceptors (Lipinski definition) is 8. The molecule has 0 aliphatic heterocycles. The lowest BCUT2D eigenvalue weighted by molar-refractivity contribution is -0.328. The summed E-state index contributed by atoms with van der Waals surface area (Å²) in [7, 11) is 1.13. The third-order valence-electron chi connectivity index (χ3n) is 7.68. The lowest BCUT2D eigenvalue weighted by Crippen LogP contribution is -2.59. The van der Waals surface area contributed by atoms with Crippen molar-refractivity contribution in [3.05, 3.63) is 42.0 Å². The number of alkyl halides is 2. The van der Waals surface area contributed by atoms with E-state index in [0.29, 0.717) is 24.3 Å². The zero-order valence-electron chi connectivity index (χ0n) is 27.8. The van der Waals surface area contributed by atoms with E-state index in [-0.39, 0.29) is 6.42 Å². The van der Waals surface area contributed by atoms with E-state index in [1.54, 1.807) is 24.3 Å². The van der Waals surface area contributed by atoms with Crippen molar-refractivity contribution in [2.75, 3.05) is 25.2 Å². The second kappa shape index (κ2) is 24.5. The first kappa shape index (κ1) is 41.4.